The van der Waals surface area contributed by atoms with Gasteiger partial charge in [-0.15, -0.1) is 11.3 Å². The summed E-state index contributed by atoms with van der Waals surface area (Å²) in [5.41, 5.74) is 1.56. The Bertz CT molecular complexity index is 709. The van der Waals surface area contributed by atoms with Crippen LogP contribution in [-0.4, -0.2) is 15.9 Å². The van der Waals surface area contributed by atoms with E-state index in [0.717, 1.165) is 10.4 Å². The van der Waals surface area contributed by atoms with Gasteiger partial charge in [-0.3, -0.25) is 4.79 Å². The highest BCUT2D eigenvalue weighted by molar-refractivity contribution is 7.10. The van der Waals surface area contributed by atoms with Crippen LogP contribution in [-0.2, 0) is 11.2 Å². The number of anilines is 1. The van der Waals surface area contributed by atoms with Crippen LogP contribution in [0.4, 0.5) is 5.69 Å². The molecule has 3 aromatic rings. The van der Waals surface area contributed by atoms with Crippen LogP contribution in [0.25, 0.3) is 11.4 Å². The first-order valence-corrected chi connectivity index (χ1v) is 7.39. The van der Waals surface area contributed by atoms with E-state index in [4.69, 9.17) is 0 Å². The number of carbonyl (C=O) groups is 1. The Hall–Kier alpha value is -2.53. The van der Waals surface area contributed by atoms with Crippen molar-refractivity contribution in [1.29, 1.82) is 0 Å². The molecule has 2 heterocycles. The van der Waals surface area contributed by atoms with Gasteiger partial charge >= 0.3 is 0 Å². The molecule has 0 saturated heterocycles. The Kier molecular flexibility index (Phi) is 4.02. The number of hydrogen-bond acceptors (Lipinski definition) is 4. The highest BCUT2D eigenvalue weighted by atomic mass is 32.1. The van der Waals surface area contributed by atoms with E-state index < -0.39 is 0 Å². The van der Waals surface area contributed by atoms with Gasteiger partial charge in [0, 0.05) is 10.4 Å². The molecule has 0 atom stereocenters. The molecule has 1 amide bonds. The summed E-state index contributed by atoms with van der Waals surface area (Å²) in [6, 6.07) is 13.6. The SMILES string of the molecule is O=C(Cc1cccs1)Nc1cnc(-c2ccccc2)nc1. The van der Waals surface area contributed by atoms with Gasteiger partial charge in [-0.25, -0.2) is 9.97 Å². The number of aromatic nitrogens is 2. The van der Waals surface area contributed by atoms with Gasteiger partial charge in [0.05, 0.1) is 24.5 Å². The fourth-order valence-electron chi connectivity index (χ4n) is 1.91. The van der Waals surface area contributed by atoms with Crippen LogP contribution in [0.15, 0.2) is 60.2 Å². The fraction of sp³-hybridized carbons (Fsp3) is 0.0625. The number of hydrogen-bond donors (Lipinski definition) is 1. The molecule has 3 rings (SSSR count). The topological polar surface area (TPSA) is 54.9 Å². The maximum Gasteiger partial charge on any atom is 0.229 e. The summed E-state index contributed by atoms with van der Waals surface area (Å²) < 4.78 is 0. The molecule has 4 nitrogen and oxygen atoms in total. The highest BCUT2D eigenvalue weighted by Gasteiger charge is 2.06. The Morgan fingerprint density at radius 2 is 1.81 bits per heavy atom. The Morgan fingerprint density at radius 3 is 2.48 bits per heavy atom. The molecule has 1 N–H and O–H groups in total. The minimum atomic E-state index is -0.0616. The van der Waals surface area contributed by atoms with E-state index in [-0.39, 0.29) is 5.91 Å². The van der Waals surface area contributed by atoms with E-state index in [0.29, 0.717) is 17.9 Å². The Morgan fingerprint density at radius 1 is 1.05 bits per heavy atom. The van der Waals surface area contributed by atoms with Crippen molar-refractivity contribution in [2.24, 2.45) is 0 Å². The molecular weight excluding hydrogens is 282 g/mol. The monoisotopic (exact) mass is 295 g/mol. The molecule has 1 aromatic carbocycles. The van der Waals surface area contributed by atoms with Gasteiger partial charge < -0.3 is 5.32 Å². The number of thiophene rings is 1. The van der Waals surface area contributed by atoms with Crippen molar-refractivity contribution < 1.29 is 4.79 Å². The minimum absolute atomic E-state index is 0.0616. The third-order valence-corrected chi connectivity index (χ3v) is 3.76. The average molecular weight is 295 g/mol. The molecule has 0 unspecified atom stereocenters. The zero-order valence-corrected chi connectivity index (χ0v) is 12.0. The van der Waals surface area contributed by atoms with Gasteiger partial charge in [-0.05, 0) is 11.4 Å². The second-order valence-corrected chi connectivity index (χ2v) is 5.50. The van der Waals surface area contributed by atoms with Crippen LogP contribution >= 0.6 is 11.3 Å². The van der Waals surface area contributed by atoms with Crippen molar-refractivity contribution in [3.8, 4) is 11.4 Å². The van der Waals surface area contributed by atoms with Crippen molar-refractivity contribution in [2.45, 2.75) is 6.42 Å². The summed E-state index contributed by atoms with van der Waals surface area (Å²) in [7, 11) is 0. The summed E-state index contributed by atoms with van der Waals surface area (Å²) in [5, 5.41) is 4.76. The maximum absolute atomic E-state index is 11.9. The number of carbonyl (C=O) groups excluding carboxylic acids is 1. The third-order valence-electron chi connectivity index (χ3n) is 2.88. The van der Waals surface area contributed by atoms with Gasteiger partial charge in [-0.2, -0.15) is 0 Å². The molecule has 5 heteroatoms. The number of nitrogens with zero attached hydrogens (tertiary/aromatic N) is 2. The summed E-state index contributed by atoms with van der Waals surface area (Å²) >= 11 is 1.57. The molecule has 0 aliphatic rings. The molecule has 0 fully saturated rings. The molecule has 2 aromatic heterocycles. The van der Waals surface area contributed by atoms with Crippen LogP contribution in [0.1, 0.15) is 4.88 Å². The highest BCUT2D eigenvalue weighted by Crippen LogP contribution is 2.15. The van der Waals surface area contributed by atoms with Gasteiger partial charge in [0.25, 0.3) is 0 Å². The van der Waals surface area contributed by atoms with Crippen LogP contribution in [0.2, 0.25) is 0 Å². The van der Waals surface area contributed by atoms with Crippen LogP contribution in [0.5, 0.6) is 0 Å². The first kappa shape index (κ1) is 13.5. The molecule has 21 heavy (non-hydrogen) atoms. The summed E-state index contributed by atoms with van der Waals surface area (Å²) in [6.07, 6.45) is 3.63. The van der Waals surface area contributed by atoms with E-state index in [1.165, 1.54) is 0 Å². The number of rotatable bonds is 4. The molecule has 0 radical (unpaired) electrons. The zero-order chi connectivity index (χ0) is 14.5. The lowest BCUT2D eigenvalue weighted by Gasteiger charge is -2.04. The quantitative estimate of drug-likeness (QED) is 0.802. The normalized spacial score (nSPS) is 10.3. The van der Waals surface area contributed by atoms with Gasteiger partial charge in [-0.1, -0.05) is 36.4 Å². The lowest BCUT2D eigenvalue weighted by molar-refractivity contribution is -0.115. The van der Waals surface area contributed by atoms with E-state index in [1.807, 2.05) is 47.8 Å². The molecule has 104 valence electrons. The first-order valence-electron chi connectivity index (χ1n) is 6.51. The lowest BCUT2D eigenvalue weighted by atomic mass is 10.2. The van der Waals surface area contributed by atoms with Crippen molar-refractivity contribution in [3.63, 3.8) is 0 Å². The molecule has 0 saturated carbocycles. The third kappa shape index (κ3) is 3.52. The van der Waals surface area contributed by atoms with Crippen LogP contribution < -0.4 is 5.32 Å². The summed E-state index contributed by atoms with van der Waals surface area (Å²) in [4.78, 5) is 21.5. The van der Waals surface area contributed by atoms with Crippen molar-refractivity contribution in [3.05, 3.63) is 65.1 Å². The summed E-state index contributed by atoms with van der Waals surface area (Å²) in [6.45, 7) is 0. The fourth-order valence-corrected chi connectivity index (χ4v) is 2.61. The molecular formula is C16H13N3OS. The van der Waals surface area contributed by atoms with Gasteiger partial charge in [0.2, 0.25) is 5.91 Å². The second-order valence-electron chi connectivity index (χ2n) is 4.47. The Balaban J connectivity index is 1.66. The number of amides is 1. The Labute approximate surface area is 126 Å². The standard InChI is InChI=1S/C16H13N3OS/c20-15(9-14-7-4-8-21-14)19-13-10-17-16(18-11-13)12-5-2-1-3-6-12/h1-8,10-11H,9H2,(H,19,20). The summed E-state index contributed by atoms with van der Waals surface area (Å²) in [5.74, 6) is 0.584. The average Bonchev–Trinajstić information content (AvgIpc) is 3.02. The smallest absolute Gasteiger partial charge is 0.229 e. The number of benzene rings is 1. The van der Waals surface area contributed by atoms with Gasteiger partial charge in [0.15, 0.2) is 5.82 Å². The van der Waals surface area contributed by atoms with E-state index in [9.17, 15) is 4.79 Å². The molecule has 0 bridgehead atoms. The van der Waals surface area contributed by atoms with E-state index in [2.05, 4.69) is 15.3 Å². The van der Waals surface area contributed by atoms with Crippen molar-refractivity contribution in [1.82, 2.24) is 9.97 Å². The zero-order valence-electron chi connectivity index (χ0n) is 11.2. The van der Waals surface area contributed by atoms with Crippen molar-refractivity contribution in [2.75, 3.05) is 5.32 Å². The first-order chi connectivity index (χ1) is 10.3. The predicted molar refractivity (Wildman–Crippen MR) is 84.1 cm³/mol. The second kappa shape index (κ2) is 6.28. The number of nitrogens with one attached hydrogen (secondary N) is 1. The van der Waals surface area contributed by atoms with Crippen molar-refractivity contribution >= 4 is 22.9 Å². The maximum atomic E-state index is 11.9. The van der Waals surface area contributed by atoms with Gasteiger partial charge in [0.1, 0.15) is 0 Å². The van der Waals surface area contributed by atoms with E-state index in [1.54, 1.807) is 23.7 Å². The minimum Gasteiger partial charge on any atom is -0.323 e. The molecule has 0 aliphatic carbocycles. The van der Waals surface area contributed by atoms with E-state index >= 15 is 0 Å². The van der Waals surface area contributed by atoms with Crippen LogP contribution in [0, 0.1) is 0 Å². The predicted octanol–water partition coefficient (Wildman–Crippen LogP) is 3.39. The lowest BCUT2D eigenvalue weighted by Crippen LogP contribution is -2.14. The molecule has 0 aliphatic heterocycles. The molecule has 0 spiro atoms. The van der Waals surface area contributed by atoms with Crippen LogP contribution in [0.3, 0.4) is 0 Å². The largest absolute Gasteiger partial charge is 0.323 e.